The summed E-state index contributed by atoms with van der Waals surface area (Å²) in [4.78, 5) is 15.5. The van der Waals surface area contributed by atoms with Gasteiger partial charge in [-0.05, 0) is 54.7 Å². The summed E-state index contributed by atoms with van der Waals surface area (Å²) in [6.07, 6.45) is 4.69. The maximum absolute atomic E-state index is 13.5. The lowest BCUT2D eigenvalue weighted by atomic mass is 9.71. The number of ether oxygens (including phenoxy) is 2. The summed E-state index contributed by atoms with van der Waals surface area (Å²) in [6, 6.07) is 5.90. The summed E-state index contributed by atoms with van der Waals surface area (Å²) >= 11 is 0. The van der Waals surface area contributed by atoms with Crippen molar-refractivity contribution < 1.29 is 18.8 Å². The Balaban J connectivity index is 1.61. The molecule has 162 valence electrons. The molecule has 0 N–H and O–H groups in total. The highest BCUT2D eigenvalue weighted by molar-refractivity contribution is 5.94. The Labute approximate surface area is 178 Å². The lowest BCUT2D eigenvalue weighted by molar-refractivity contribution is 0.0723. The number of benzene rings is 1. The van der Waals surface area contributed by atoms with Crippen LogP contribution < -0.4 is 9.47 Å². The minimum absolute atomic E-state index is 0.00617. The minimum Gasteiger partial charge on any atom is -0.493 e. The maximum Gasteiger partial charge on any atom is 0.276 e. The molecule has 1 amide bonds. The molecular formula is C24H32N2O4. The molecule has 1 aromatic carbocycles. The Morgan fingerprint density at radius 2 is 1.93 bits per heavy atom. The van der Waals surface area contributed by atoms with Crippen molar-refractivity contribution in [2.24, 2.45) is 11.3 Å². The molecule has 0 radical (unpaired) electrons. The molecule has 6 nitrogen and oxygen atoms in total. The number of carbonyl (C=O) groups excluding carboxylic acids is 1. The van der Waals surface area contributed by atoms with E-state index in [0.717, 1.165) is 55.5 Å². The van der Waals surface area contributed by atoms with Crippen LogP contribution in [0.2, 0.25) is 0 Å². The van der Waals surface area contributed by atoms with E-state index in [1.54, 1.807) is 14.2 Å². The van der Waals surface area contributed by atoms with E-state index in [1.807, 2.05) is 23.1 Å². The van der Waals surface area contributed by atoms with Crippen LogP contribution in [0.1, 0.15) is 73.5 Å². The van der Waals surface area contributed by atoms with E-state index in [4.69, 9.17) is 14.0 Å². The minimum atomic E-state index is -0.0214. The fourth-order valence-electron chi connectivity index (χ4n) is 4.86. The number of rotatable bonds is 4. The number of aromatic nitrogens is 1. The Bertz CT molecular complexity index is 928. The number of hydrogen-bond acceptors (Lipinski definition) is 5. The van der Waals surface area contributed by atoms with Crippen LogP contribution in [0.25, 0.3) is 0 Å². The second-order valence-electron chi connectivity index (χ2n) is 9.51. The highest BCUT2D eigenvalue weighted by Gasteiger charge is 2.38. The first-order valence-corrected chi connectivity index (χ1v) is 10.8. The maximum atomic E-state index is 13.5. The fourth-order valence-corrected chi connectivity index (χ4v) is 4.86. The molecule has 6 heteroatoms. The molecular weight excluding hydrogens is 380 g/mol. The molecule has 4 rings (SSSR count). The van der Waals surface area contributed by atoms with Crippen molar-refractivity contribution in [1.82, 2.24) is 10.1 Å². The van der Waals surface area contributed by atoms with Crippen molar-refractivity contribution in [3.63, 3.8) is 0 Å². The molecule has 2 atom stereocenters. The molecule has 1 saturated heterocycles. The van der Waals surface area contributed by atoms with Gasteiger partial charge in [0, 0.05) is 18.5 Å². The summed E-state index contributed by atoms with van der Waals surface area (Å²) < 4.78 is 16.4. The molecule has 1 fully saturated rings. The number of hydrogen-bond donors (Lipinski definition) is 0. The Hall–Kier alpha value is -2.50. The second-order valence-corrected chi connectivity index (χ2v) is 9.51. The van der Waals surface area contributed by atoms with Crippen molar-refractivity contribution in [1.29, 1.82) is 0 Å². The van der Waals surface area contributed by atoms with Crippen molar-refractivity contribution >= 4 is 5.91 Å². The summed E-state index contributed by atoms with van der Waals surface area (Å²) in [6.45, 7) is 7.53. The topological polar surface area (TPSA) is 64.8 Å². The van der Waals surface area contributed by atoms with Gasteiger partial charge in [0.15, 0.2) is 17.2 Å². The zero-order chi connectivity index (χ0) is 21.5. The lowest BCUT2D eigenvalue weighted by Gasteiger charge is -2.33. The molecule has 1 aliphatic heterocycles. The number of nitrogens with zero attached hydrogens (tertiary/aromatic N) is 2. The lowest BCUT2D eigenvalue weighted by Crippen LogP contribution is -2.33. The summed E-state index contributed by atoms with van der Waals surface area (Å²) in [5.74, 6) is 2.76. The largest absolute Gasteiger partial charge is 0.493 e. The van der Waals surface area contributed by atoms with Crippen LogP contribution in [-0.2, 0) is 12.8 Å². The SMILES string of the molecule is COc1ccc([C@@H]2CCCN2C(=O)c2noc3c2C[C@@H](C(C)(C)C)CC3)cc1OC. The van der Waals surface area contributed by atoms with Crippen LogP contribution in [0.3, 0.4) is 0 Å². The predicted molar refractivity (Wildman–Crippen MR) is 114 cm³/mol. The predicted octanol–water partition coefficient (Wildman–Crippen LogP) is 4.82. The number of likely N-dealkylation sites (tertiary alicyclic amines) is 1. The van der Waals surface area contributed by atoms with Gasteiger partial charge in [0.1, 0.15) is 5.76 Å². The van der Waals surface area contributed by atoms with Crippen LogP contribution in [-0.4, -0.2) is 36.7 Å². The van der Waals surface area contributed by atoms with Crippen molar-refractivity contribution in [3.05, 3.63) is 40.8 Å². The van der Waals surface area contributed by atoms with E-state index in [2.05, 4.69) is 25.9 Å². The normalized spacial score (nSPS) is 21.4. The van der Waals surface area contributed by atoms with E-state index in [-0.39, 0.29) is 17.4 Å². The summed E-state index contributed by atoms with van der Waals surface area (Å²) in [5, 5.41) is 4.24. The van der Waals surface area contributed by atoms with E-state index >= 15 is 0 Å². The average Bonchev–Trinajstić information content (AvgIpc) is 3.39. The smallest absolute Gasteiger partial charge is 0.276 e. The molecule has 0 saturated carbocycles. The van der Waals surface area contributed by atoms with E-state index < -0.39 is 0 Å². The van der Waals surface area contributed by atoms with Crippen molar-refractivity contribution in [2.45, 2.75) is 58.9 Å². The van der Waals surface area contributed by atoms with Crippen LogP contribution in [0, 0.1) is 11.3 Å². The van der Waals surface area contributed by atoms with Crippen LogP contribution in [0.15, 0.2) is 22.7 Å². The van der Waals surface area contributed by atoms with Crippen LogP contribution in [0.5, 0.6) is 11.5 Å². The Morgan fingerprint density at radius 3 is 2.63 bits per heavy atom. The van der Waals surface area contributed by atoms with Crippen molar-refractivity contribution in [2.75, 3.05) is 20.8 Å². The molecule has 0 bridgehead atoms. The van der Waals surface area contributed by atoms with Gasteiger partial charge in [-0.15, -0.1) is 0 Å². The van der Waals surface area contributed by atoms with Gasteiger partial charge in [-0.1, -0.05) is 32.0 Å². The monoisotopic (exact) mass is 412 g/mol. The van der Waals surface area contributed by atoms with Crippen LogP contribution >= 0.6 is 0 Å². The Kier molecular flexibility index (Phi) is 5.51. The molecule has 1 aromatic heterocycles. The molecule has 2 aliphatic rings. The summed E-state index contributed by atoms with van der Waals surface area (Å²) in [7, 11) is 3.26. The van der Waals surface area contributed by atoms with E-state index in [1.165, 1.54) is 0 Å². The average molecular weight is 413 g/mol. The van der Waals surface area contributed by atoms with Gasteiger partial charge in [-0.3, -0.25) is 4.79 Å². The first-order valence-electron chi connectivity index (χ1n) is 10.8. The second kappa shape index (κ2) is 7.97. The molecule has 0 unspecified atom stereocenters. The fraction of sp³-hybridized carbons (Fsp3) is 0.583. The number of amides is 1. The number of carbonyl (C=O) groups is 1. The number of fused-ring (bicyclic) bond motifs is 1. The standard InChI is InChI=1S/C24H32N2O4/c1-24(2,3)16-9-11-19-17(14-16)22(25-30-19)23(27)26-12-6-7-18(26)15-8-10-20(28-4)21(13-15)29-5/h8,10,13,16,18H,6-7,9,11-12,14H2,1-5H3/t16-,18-/m0/s1. The first-order chi connectivity index (χ1) is 14.3. The zero-order valence-electron chi connectivity index (χ0n) is 18.7. The third kappa shape index (κ3) is 3.68. The number of aryl methyl sites for hydroxylation is 1. The highest BCUT2D eigenvalue weighted by Crippen LogP contribution is 2.41. The molecule has 1 aliphatic carbocycles. The van der Waals surface area contributed by atoms with Crippen molar-refractivity contribution in [3.8, 4) is 11.5 Å². The third-order valence-corrected chi connectivity index (χ3v) is 6.77. The van der Waals surface area contributed by atoms with Gasteiger partial charge < -0.3 is 18.9 Å². The summed E-state index contributed by atoms with van der Waals surface area (Å²) in [5.41, 5.74) is 2.78. The van der Waals surface area contributed by atoms with E-state index in [9.17, 15) is 4.79 Å². The van der Waals surface area contributed by atoms with E-state index in [0.29, 0.717) is 23.1 Å². The van der Waals surface area contributed by atoms with Gasteiger partial charge in [-0.25, -0.2) is 0 Å². The molecule has 2 aromatic rings. The Morgan fingerprint density at radius 1 is 1.17 bits per heavy atom. The zero-order valence-corrected chi connectivity index (χ0v) is 18.7. The first kappa shape index (κ1) is 20.8. The number of methoxy groups -OCH3 is 2. The molecule has 30 heavy (non-hydrogen) atoms. The van der Waals surface area contributed by atoms with Gasteiger partial charge in [0.2, 0.25) is 0 Å². The molecule has 0 spiro atoms. The third-order valence-electron chi connectivity index (χ3n) is 6.77. The van der Waals surface area contributed by atoms with Gasteiger partial charge in [-0.2, -0.15) is 0 Å². The quantitative estimate of drug-likeness (QED) is 0.720. The van der Waals surface area contributed by atoms with Gasteiger partial charge in [0.25, 0.3) is 5.91 Å². The van der Waals surface area contributed by atoms with Gasteiger partial charge >= 0.3 is 0 Å². The highest BCUT2D eigenvalue weighted by atomic mass is 16.5. The van der Waals surface area contributed by atoms with Crippen LogP contribution in [0.4, 0.5) is 0 Å². The molecule has 2 heterocycles. The van der Waals surface area contributed by atoms with Gasteiger partial charge in [0.05, 0.1) is 20.3 Å².